The summed E-state index contributed by atoms with van der Waals surface area (Å²) in [6.45, 7) is 5.74. The molecule has 0 amide bonds. The van der Waals surface area contributed by atoms with Crippen LogP contribution < -0.4 is 4.74 Å². The SMILES string of the molecule is CC(=O)Oc1c(C)n(C(=O)c2cccc(F)c2)c2ccc(O)c(F)c12.CCC(C(=O)O)c1c(C)n(C(=O)c2cccc(F)c2)c2ccc(O)c(F)c12. The molecule has 0 saturated heterocycles. The van der Waals surface area contributed by atoms with Gasteiger partial charge >= 0.3 is 11.9 Å². The number of nitrogens with zero attached hydrogens (tertiary/aromatic N) is 2. The van der Waals surface area contributed by atoms with E-state index >= 15 is 0 Å². The van der Waals surface area contributed by atoms with Gasteiger partial charge < -0.3 is 20.1 Å². The summed E-state index contributed by atoms with van der Waals surface area (Å²) in [7, 11) is 0. The Bertz CT molecular complexity index is 2430. The van der Waals surface area contributed by atoms with Crippen molar-refractivity contribution < 1.29 is 56.8 Å². The molecule has 1 atom stereocenters. The van der Waals surface area contributed by atoms with Crippen LogP contribution in [0.3, 0.4) is 0 Å². The molecule has 0 aliphatic carbocycles. The molecule has 6 aromatic rings. The molecule has 1 unspecified atom stereocenters. The van der Waals surface area contributed by atoms with Crippen LogP contribution in [0.2, 0.25) is 0 Å². The fourth-order valence-electron chi connectivity index (χ4n) is 6.12. The Hall–Kier alpha value is -6.44. The molecule has 0 aliphatic heterocycles. The summed E-state index contributed by atoms with van der Waals surface area (Å²) in [5.74, 6) is -8.82. The Morgan fingerprint density at radius 1 is 0.712 bits per heavy atom. The molecule has 0 saturated carbocycles. The van der Waals surface area contributed by atoms with Gasteiger partial charge in [0.2, 0.25) is 0 Å². The zero-order valence-electron chi connectivity index (χ0n) is 28.0. The number of aliphatic carboxylic acids is 1. The van der Waals surface area contributed by atoms with Crippen molar-refractivity contribution in [1.82, 2.24) is 9.13 Å². The lowest BCUT2D eigenvalue weighted by Crippen LogP contribution is -2.16. The van der Waals surface area contributed by atoms with E-state index in [1.165, 1.54) is 62.4 Å². The number of aromatic nitrogens is 2. The Morgan fingerprint density at radius 2 is 1.17 bits per heavy atom. The number of fused-ring (bicyclic) bond motifs is 2. The summed E-state index contributed by atoms with van der Waals surface area (Å²) in [6, 6.07) is 14.9. The second-order valence-electron chi connectivity index (χ2n) is 11.7. The summed E-state index contributed by atoms with van der Waals surface area (Å²) >= 11 is 0. The molecule has 0 aliphatic rings. The fourth-order valence-corrected chi connectivity index (χ4v) is 6.12. The molecular formula is C38H30F4N2O8. The van der Waals surface area contributed by atoms with E-state index < -0.39 is 64.4 Å². The molecule has 4 aromatic carbocycles. The molecule has 0 spiro atoms. The summed E-state index contributed by atoms with van der Waals surface area (Å²) in [5.41, 5.74) is 0.812. The number of carboxylic acid groups (broad SMARTS) is 1. The molecule has 2 aromatic heterocycles. The van der Waals surface area contributed by atoms with Crippen molar-refractivity contribution in [3.05, 3.63) is 124 Å². The summed E-state index contributed by atoms with van der Waals surface area (Å²) in [5, 5.41) is 28.6. The maximum Gasteiger partial charge on any atom is 0.311 e. The van der Waals surface area contributed by atoms with Gasteiger partial charge in [-0.15, -0.1) is 0 Å². The van der Waals surface area contributed by atoms with E-state index in [0.717, 1.165) is 40.3 Å². The number of hydrogen-bond acceptors (Lipinski definition) is 7. The number of aromatic hydroxyl groups is 2. The number of esters is 1. The number of benzene rings is 4. The summed E-state index contributed by atoms with van der Waals surface area (Å²) in [6.07, 6.45) is 0.165. The van der Waals surface area contributed by atoms with Gasteiger partial charge in [0.15, 0.2) is 28.9 Å². The van der Waals surface area contributed by atoms with E-state index in [0.29, 0.717) is 0 Å². The molecule has 10 nitrogen and oxygen atoms in total. The first-order valence-electron chi connectivity index (χ1n) is 15.6. The van der Waals surface area contributed by atoms with Crippen LogP contribution in [0.4, 0.5) is 17.6 Å². The molecule has 14 heteroatoms. The van der Waals surface area contributed by atoms with Crippen molar-refractivity contribution in [3.8, 4) is 17.2 Å². The lowest BCUT2D eigenvalue weighted by molar-refractivity contribution is -0.139. The maximum absolute atomic E-state index is 14.7. The molecular weight excluding hydrogens is 688 g/mol. The third-order valence-corrected chi connectivity index (χ3v) is 8.42. The minimum atomic E-state index is -1.17. The highest BCUT2D eigenvalue weighted by molar-refractivity contribution is 6.07. The number of carbonyl (C=O) groups is 4. The predicted molar refractivity (Wildman–Crippen MR) is 181 cm³/mol. The van der Waals surface area contributed by atoms with Crippen LogP contribution in [0.1, 0.15) is 63.9 Å². The highest BCUT2D eigenvalue weighted by Crippen LogP contribution is 2.40. The van der Waals surface area contributed by atoms with Crippen molar-refractivity contribution in [1.29, 1.82) is 0 Å². The number of carboxylic acids is 1. The third kappa shape index (κ3) is 6.57. The van der Waals surface area contributed by atoms with E-state index in [-0.39, 0.29) is 62.1 Å². The second-order valence-corrected chi connectivity index (χ2v) is 11.7. The first-order chi connectivity index (χ1) is 24.6. The highest BCUT2D eigenvalue weighted by Gasteiger charge is 2.31. The van der Waals surface area contributed by atoms with Gasteiger partial charge in [-0.1, -0.05) is 19.1 Å². The van der Waals surface area contributed by atoms with Crippen LogP contribution >= 0.6 is 0 Å². The Balaban J connectivity index is 0.000000202. The van der Waals surface area contributed by atoms with E-state index in [9.17, 15) is 52.1 Å². The first-order valence-corrected chi connectivity index (χ1v) is 15.6. The van der Waals surface area contributed by atoms with E-state index in [4.69, 9.17) is 4.74 Å². The smallest absolute Gasteiger partial charge is 0.311 e. The van der Waals surface area contributed by atoms with Gasteiger partial charge in [-0.25, -0.2) is 17.6 Å². The number of carbonyl (C=O) groups excluding carboxylic acids is 3. The first kappa shape index (κ1) is 36.8. The van der Waals surface area contributed by atoms with Gasteiger partial charge in [-0.2, -0.15) is 0 Å². The van der Waals surface area contributed by atoms with Crippen molar-refractivity contribution in [3.63, 3.8) is 0 Å². The molecule has 52 heavy (non-hydrogen) atoms. The van der Waals surface area contributed by atoms with E-state index in [1.54, 1.807) is 6.92 Å². The van der Waals surface area contributed by atoms with Crippen molar-refractivity contribution in [2.45, 2.75) is 40.0 Å². The van der Waals surface area contributed by atoms with Crippen LogP contribution in [0.5, 0.6) is 17.2 Å². The van der Waals surface area contributed by atoms with Gasteiger partial charge in [0.1, 0.15) is 11.6 Å². The van der Waals surface area contributed by atoms with Gasteiger partial charge in [-0.3, -0.25) is 28.3 Å². The predicted octanol–water partition coefficient (Wildman–Crippen LogP) is 7.75. The van der Waals surface area contributed by atoms with Gasteiger partial charge in [-0.05, 0) is 86.5 Å². The quantitative estimate of drug-likeness (QED) is 0.117. The monoisotopic (exact) mass is 718 g/mol. The Morgan fingerprint density at radius 3 is 1.62 bits per heavy atom. The van der Waals surface area contributed by atoms with Gasteiger partial charge in [0.05, 0.1) is 28.0 Å². The lowest BCUT2D eigenvalue weighted by Gasteiger charge is -2.12. The van der Waals surface area contributed by atoms with Gasteiger partial charge in [0.25, 0.3) is 11.8 Å². The number of rotatable bonds is 6. The summed E-state index contributed by atoms with van der Waals surface area (Å²) in [4.78, 5) is 48.8. The third-order valence-electron chi connectivity index (χ3n) is 8.42. The zero-order valence-corrected chi connectivity index (χ0v) is 28.0. The van der Waals surface area contributed by atoms with Crippen molar-refractivity contribution >= 4 is 45.6 Å². The Labute approximate surface area is 292 Å². The molecule has 3 N–H and O–H groups in total. The fraction of sp³-hybridized carbons (Fsp3) is 0.158. The van der Waals surface area contributed by atoms with Crippen molar-refractivity contribution in [2.24, 2.45) is 0 Å². The zero-order chi connectivity index (χ0) is 38.2. The molecule has 6 rings (SSSR count). The lowest BCUT2D eigenvalue weighted by atomic mass is 9.93. The molecule has 2 heterocycles. The van der Waals surface area contributed by atoms with Crippen molar-refractivity contribution in [2.75, 3.05) is 0 Å². The molecule has 268 valence electrons. The highest BCUT2D eigenvalue weighted by atomic mass is 19.1. The average Bonchev–Trinajstić information content (AvgIpc) is 3.54. The number of ether oxygens (including phenoxy) is 1. The van der Waals surface area contributed by atoms with Crippen LogP contribution in [0, 0.1) is 37.1 Å². The second kappa shape index (κ2) is 14.4. The van der Waals surface area contributed by atoms with Gasteiger partial charge in [0, 0.05) is 29.1 Å². The topological polar surface area (TPSA) is 148 Å². The molecule has 0 bridgehead atoms. The molecule has 0 radical (unpaired) electrons. The number of halogens is 4. The largest absolute Gasteiger partial charge is 0.505 e. The van der Waals surface area contributed by atoms with E-state index in [1.807, 2.05) is 0 Å². The minimum absolute atomic E-state index is 0.0402. The number of hydrogen-bond donors (Lipinski definition) is 3. The van der Waals surface area contributed by atoms with Crippen LogP contribution in [-0.4, -0.2) is 48.2 Å². The normalized spacial score (nSPS) is 11.6. The Kier molecular flexibility index (Phi) is 10.2. The van der Waals surface area contributed by atoms with Crippen LogP contribution in [0.15, 0.2) is 72.8 Å². The summed E-state index contributed by atoms with van der Waals surface area (Å²) < 4.78 is 63.4. The van der Waals surface area contributed by atoms with Crippen LogP contribution in [-0.2, 0) is 9.59 Å². The number of phenolic OH excluding ortho intramolecular Hbond substituents is 2. The standard InChI is InChI=1S/C20H17F2NO4.C18H13F2NO4/c1-3-13(20(26)27)16-10(2)23(14-7-8-15(24)18(22)17(14)16)19(25)11-5-4-6-12(21)9-11;1-9-17(25-10(2)22)15-13(6-7-14(23)16(15)20)21(9)18(24)11-4-3-5-12(19)8-11/h4-9,13,24H,3H2,1-2H3,(H,26,27);3-8,23H,1-2H3. The minimum Gasteiger partial charge on any atom is -0.505 e. The number of phenols is 2. The molecule has 0 fully saturated rings. The van der Waals surface area contributed by atoms with E-state index in [2.05, 4.69) is 0 Å². The average molecular weight is 719 g/mol. The maximum atomic E-state index is 14.7. The van der Waals surface area contributed by atoms with Crippen LogP contribution in [0.25, 0.3) is 21.8 Å².